The van der Waals surface area contributed by atoms with Crippen LogP contribution in [-0.4, -0.2) is 18.1 Å². The van der Waals surface area contributed by atoms with Crippen molar-refractivity contribution >= 4 is 23.2 Å². The number of carbonyl (C=O) groups is 1. The lowest BCUT2D eigenvalue weighted by Crippen LogP contribution is -2.53. The topological polar surface area (TPSA) is 74.2 Å². The van der Waals surface area contributed by atoms with Crippen molar-refractivity contribution in [2.24, 2.45) is 5.92 Å². The van der Waals surface area contributed by atoms with Crippen molar-refractivity contribution < 1.29 is 9.53 Å². The minimum Gasteiger partial charge on any atom is -0.497 e. The van der Waals surface area contributed by atoms with Gasteiger partial charge in [-0.2, -0.15) is 5.26 Å². The number of methoxy groups -OCH3 is 1. The number of hydrogen-bond acceptors (Lipinski definition) is 4. The molecule has 1 aliphatic heterocycles. The fraction of sp³-hybridized carbons (Fsp3) is 0.250. The monoisotopic (exact) mass is 261 g/mol. The van der Waals surface area contributed by atoms with Crippen molar-refractivity contribution in [2.75, 3.05) is 7.11 Å². The molecule has 1 aromatic carbocycles. The molecule has 18 heavy (non-hydrogen) atoms. The number of ether oxygens (including phenoxy) is 1. The van der Waals surface area contributed by atoms with E-state index in [9.17, 15) is 4.79 Å². The van der Waals surface area contributed by atoms with Crippen molar-refractivity contribution in [3.05, 3.63) is 29.8 Å². The number of hydrogen-bond donors (Lipinski definition) is 2. The minimum absolute atomic E-state index is 0.243. The van der Waals surface area contributed by atoms with Gasteiger partial charge in [0.2, 0.25) is 5.91 Å². The first-order valence-corrected chi connectivity index (χ1v) is 5.71. The number of nitriles is 1. The molecule has 2 N–H and O–H groups in total. The van der Waals surface area contributed by atoms with Crippen LogP contribution in [0.25, 0.3) is 0 Å². The Bertz CT molecular complexity index is 521. The molecule has 1 fully saturated rings. The summed E-state index contributed by atoms with van der Waals surface area (Å²) in [6.07, 6.45) is 0. The highest BCUT2D eigenvalue weighted by Crippen LogP contribution is 2.26. The molecule has 0 spiro atoms. The Labute approximate surface area is 110 Å². The molecule has 6 heteroatoms. The largest absolute Gasteiger partial charge is 0.497 e. The summed E-state index contributed by atoms with van der Waals surface area (Å²) >= 11 is 4.93. The molecule has 0 unspecified atom stereocenters. The van der Waals surface area contributed by atoms with Gasteiger partial charge in [-0.05, 0) is 29.9 Å². The summed E-state index contributed by atoms with van der Waals surface area (Å²) in [5.74, 6) is -0.456. The van der Waals surface area contributed by atoms with Crippen molar-refractivity contribution in [1.82, 2.24) is 10.6 Å². The van der Waals surface area contributed by atoms with E-state index in [0.29, 0.717) is 0 Å². The van der Waals surface area contributed by atoms with E-state index in [-0.39, 0.29) is 11.0 Å². The van der Waals surface area contributed by atoms with Crippen molar-refractivity contribution in [2.45, 2.75) is 6.04 Å². The first-order valence-electron chi connectivity index (χ1n) is 5.30. The fourth-order valence-electron chi connectivity index (χ4n) is 1.82. The number of carbonyl (C=O) groups excluding carboxylic acids is 1. The number of rotatable bonds is 2. The van der Waals surface area contributed by atoms with Crippen LogP contribution in [0.4, 0.5) is 0 Å². The Morgan fingerprint density at radius 3 is 2.61 bits per heavy atom. The molecule has 1 heterocycles. The number of nitrogens with one attached hydrogen (secondary N) is 2. The van der Waals surface area contributed by atoms with Crippen molar-refractivity contribution in [3.63, 3.8) is 0 Å². The maximum atomic E-state index is 11.7. The smallest absolute Gasteiger partial charge is 0.245 e. The summed E-state index contributed by atoms with van der Waals surface area (Å²) in [6.45, 7) is 0. The third-order valence-electron chi connectivity index (χ3n) is 2.75. The zero-order valence-corrected chi connectivity index (χ0v) is 10.5. The molecule has 0 bridgehead atoms. The Balaban J connectivity index is 2.31. The standard InChI is InChI=1S/C12H11N3O2S/c1-17-8-4-2-7(3-5-8)10-9(6-13)11(16)15-12(18)14-10/h2-5,9-10H,1H3,(H2,14,15,16,18)/t9-,10-/m0/s1. The van der Waals surface area contributed by atoms with E-state index >= 15 is 0 Å². The van der Waals surface area contributed by atoms with Gasteiger partial charge in [-0.1, -0.05) is 12.1 Å². The van der Waals surface area contributed by atoms with Gasteiger partial charge in [0.1, 0.15) is 11.7 Å². The zero-order valence-electron chi connectivity index (χ0n) is 9.64. The van der Waals surface area contributed by atoms with Crippen LogP contribution in [0.3, 0.4) is 0 Å². The van der Waals surface area contributed by atoms with Crippen LogP contribution < -0.4 is 15.4 Å². The first kappa shape index (κ1) is 12.3. The molecule has 92 valence electrons. The summed E-state index contributed by atoms with van der Waals surface area (Å²) in [5, 5.41) is 14.7. The maximum Gasteiger partial charge on any atom is 0.245 e. The van der Waals surface area contributed by atoms with E-state index in [1.165, 1.54) is 0 Å². The molecular formula is C12H11N3O2S. The summed E-state index contributed by atoms with van der Waals surface area (Å²) in [4.78, 5) is 11.7. The van der Waals surface area contributed by atoms with Gasteiger partial charge in [-0.15, -0.1) is 0 Å². The predicted molar refractivity (Wildman–Crippen MR) is 68.7 cm³/mol. The second kappa shape index (κ2) is 5.02. The molecule has 0 radical (unpaired) electrons. The van der Waals surface area contributed by atoms with E-state index in [1.807, 2.05) is 18.2 Å². The van der Waals surface area contributed by atoms with Gasteiger partial charge in [0.05, 0.1) is 19.2 Å². The normalized spacial score (nSPS) is 22.7. The molecule has 5 nitrogen and oxygen atoms in total. The minimum atomic E-state index is -0.801. The van der Waals surface area contributed by atoms with E-state index in [2.05, 4.69) is 10.6 Å². The molecule has 1 saturated heterocycles. The average molecular weight is 261 g/mol. The van der Waals surface area contributed by atoms with Gasteiger partial charge in [0.25, 0.3) is 0 Å². The van der Waals surface area contributed by atoms with Crippen LogP contribution in [-0.2, 0) is 4.79 Å². The first-order chi connectivity index (χ1) is 8.65. The van der Waals surface area contributed by atoms with Crippen LogP contribution in [0.15, 0.2) is 24.3 Å². The Hall–Kier alpha value is -2.13. The van der Waals surface area contributed by atoms with Gasteiger partial charge in [-0.25, -0.2) is 0 Å². The maximum absolute atomic E-state index is 11.7. The van der Waals surface area contributed by atoms with E-state index in [1.54, 1.807) is 19.2 Å². The van der Waals surface area contributed by atoms with Gasteiger partial charge in [-0.3, -0.25) is 4.79 Å². The lowest BCUT2D eigenvalue weighted by atomic mass is 9.92. The number of benzene rings is 1. The van der Waals surface area contributed by atoms with Crippen LogP contribution in [0, 0.1) is 17.2 Å². The summed E-state index contributed by atoms with van der Waals surface area (Å²) in [6, 6.07) is 8.73. The van der Waals surface area contributed by atoms with Crippen LogP contribution in [0.2, 0.25) is 0 Å². The van der Waals surface area contributed by atoms with E-state index in [0.717, 1.165) is 11.3 Å². The third-order valence-corrected chi connectivity index (χ3v) is 2.97. The number of amides is 1. The molecule has 1 aromatic rings. The summed E-state index contributed by atoms with van der Waals surface area (Å²) in [5.41, 5.74) is 0.819. The average Bonchev–Trinajstić information content (AvgIpc) is 2.38. The van der Waals surface area contributed by atoms with Crippen LogP contribution in [0.5, 0.6) is 5.75 Å². The number of nitrogens with zero attached hydrogens (tertiary/aromatic N) is 1. The quantitative estimate of drug-likeness (QED) is 0.773. The van der Waals surface area contributed by atoms with Gasteiger partial charge in [0.15, 0.2) is 5.11 Å². The lowest BCUT2D eigenvalue weighted by Gasteiger charge is -2.29. The molecular weight excluding hydrogens is 250 g/mol. The second-order valence-electron chi connectivity index (χ2n) is 3.82. The molecule has 1 aliphatic rings. The van der Waals surface area contributed by atoms with Gasteiger partial charge < -0.3 is 15.4 Å². The Morgan fingerprint density at radius 2 is 2.06 bits per heavy atom. The van der Waals surface area contributed by atoms with Gasteiger partial charge >= 0.3 is 0 Å². The Morgan fingerprint density at radius 1 is 1.39 bits per heavy atom. The Kier molecular flexibility index (Phi) is 3.44. The lowest BCUT2D eigenvalue weighted by molar-refractivity contribution is -0.123. The van der Waals surface area contributed by atoms with Crippen LogP contribution in [0.1, 0.15) is 11.6 Å². The van der Waals surface area contributed by atoms with E-state index < -0.39 is 12.0 Å². The third kappa shape index (κ3) is 2.26. The molecule has 0 saturated carbocycles. The van der Waals surface area contributed by atoms with Gasteiger partial charge in [0, 0.05) is 0 Å². The zero-order chi connectivity index (χ0) is 13.1. The molecule has 0 aliphatic carbocycles. The summed E-state index contributed by atoms with van der Waals surface area (Å²) in [7, 11) is 1.58. The second-order valence-corrected chi connectivity index (χ2v) is 4.23. The number of thiocarbonyl (C=S) groups is 1. The molecule has 2 atom stereocenters. The fourth-order valence-corrected chi connectivity index (χ4v) is 2.05. The predicted octanol–water partition coefficient (Wildman–Crippen LogP) is 0.880. The highest BCUT2D eigenvalue weighted by atomic mass is 32.1. The molecule has 0 aromatic heterocycles. The SMILES string of the molecule is COc1ccc([C@@H]2NC(=S)NC(=O)[C@H]2C#N)cc1. The highest BCUT2D eigenvalue weighted by Gasteiger charge is 2.34. The molecule has 1 amide bonds. The summed E-state index contributed by atoms with van der Waals surface area (Å²) < 4.78 is 5.06. The van der Waals surface area contributed by atoms with Crippen LogP contribution >= 0.6 is 12.2 Å². The van der Waals surface area contributed by atoms with E-state index in [4.69, 9.17) is 22.2 Å². The molecule has 2 rings (SSSR count). The van der Waals surface area contributed by atoms with Crippen molar-refractivity contribution in [1.29, 1.82) is 5.26 Å². The highest BCUT2D eigenvalue weighted by molar-refractivity contribution is 7.80. The van der Waals surface area contributed by atoms with Crippen molar-refractivity contribution in [3.8, 4) is 11.8 Å².